The van der Waals surface area contributed by atoms with E-state index in [9.17, 15) is 9.00 Å². The van der Waals surface area contributed by atoms with Crippen LogP contribution in [0.4, 0.5) is 5.69 Å². The van der Waals surface area contributed by atoms with Gasteiger partial charge in [-0.1, -0.05) is 42.5 Å². The summed E-state index contributed by atoms with van der Waals surface area (Å²) < 4.78 is 12.7. The van der Waals surface area contributed by atoms with Crippen molar-refractivity contribution in [1.82, 2.24) is 0 Å². The maximum absolute atomic E-state index is 12.7. The number of carbonyl (C=O) groups is 1. The molecule has 3 rings (SSSR count). The average molecular weight is 271 g/mol. The number of carbonyl (C=O) groups excluding carboxylic acids is 1. The van der Waals surface area contributed by atoms with E-state index in [4.69, 9.17) is 0 Å². The first-order chi connectivity index (χ1) is 9.25. The largest absolute Gasteiger partial charge is 0.325 e. The quantitative estimate of drug-likeness (QED) is 0.867. The molecule has 0 spiro atoms. The van der Waals surface area contributed by atoms with Crippen LogP contribution in [0.1, 0.15) is 17.2 Å². The summed E-state index contributed by atoms with van der Waals surface area (Å²) in [5.74, 6) is -0.0906. The van der Waals surface area contributed by atoms with E-state index in [0.29, 0.717) is 10.6 Å². The second-order valence-electron chi connectivity index (χ2n) is 4.45. The van der Waals surface area contributed by atoms with Crippen molar-refractivity contribution in [3.8, 4) is 0 Å². The molecule has 1 heterocycles. The molecule has 19 heavy (non-hydrogen) atoms. The summed E-state index contributed by atoms with van der Waals surface area (Å²) in [4.78, 5) is 12.6. The van der Waals surface area contributed by atoms with Crippen molar-refractivity contribution in [3.63, 3.8) is 0 Å². The van der Waals surface area contributed by atoms with E-state index in [1.165, 1.54) is 0 Å². The Hall–Kier alpha value is -1.94. The highest BCUT2D eigenvalue weighted by Crippen LogP contribution is 2.34. The van der Waals surface area contributed by atoms with Gasteiger partial charge in [-0.3, -0.25) is 9.00 Å². The first kappa shape index (κ1) is 12.1. The molecule has 1 aliphatic rings. The van der Waals surface area contributed by atoms with Crippen molar-refractivity contribution in [2.24, 2.45) is 0 Å². The molecule has 96 valence electrons. The lowest BCUT2D eigenvalue weighted by atomic mass is 10.1. The van der Waals surface area contributed by atoms with Crippen molar-refractivity contribution in [3.05, 3.63) is 60.2 Å². The molecular formula is C15H13NO2S. The average Bonchev–Trinajstić information content (AvgIpc) is 2.57. The monoisotopic (exact) mass is 271 g/mol. The van der Waals surface area contributed by atoms with Gasteiger partial charge in [-0.2, -0.15) is 0 Å². The molecule has 0 unspecified atom stereocenters. The first-order valence-electron chi connectivity index (χ1n) is 6.10. The van der Waals surface area contributed by atoms with Crippen LogP contribution in [0.3, 0.4) is 0 Å². The Labute approximate surface area is 114 Å². The van der Waals surface area contributed by atoms with E-state index in [1.807, 2.05) is 48.5 Å². The van der Waals surface area contributed by atoms with Gasteiger partial charge in [-0.05, 0) is 17.7 Å². The Kier molecular flexibility index (Phi) is 3.17. The number of fused-ring (bicyclic) bond motifs is 1. The molecule has 0 bridgehead atoms. The van der Waals surface area contributed by atoms with Crippen molar-refractivity contribution in [2.45, 2.75) is 16.6 Å². The van der Waals surface area contributed by atoms with Crippen LogP contribution in [0.2, 0.25) is 0 Å². The highest BCUT2D eigenvalue weighted by atomic mass is 32.2. The van der Waals surface area contributed by atoms with Gasteiger partial charge in [0.25, 0.3) is 0 Å². The third-order valence-corrected chi connectivity index (χ3v) is 4.92. The number of nitrogens with one attached hydrogen (secondary N) is 1. The van der Waals surface area contributed by atoms with E-state index in [0.717, 1.165) is 5.56 Å². The molecule has 1 amide bonds. The topological polar surface area (TPSA) is 46.2 Å². The fourth-order valence-corrected chi connectivity index (χ4v) is 3.82. The summed E-state index contributed by atoms with van der Waals surface area (Å²) in [6.07, 6.45) is 0.241. The molecule has 0 fully saturated rings. The molecule has 2 atom stereocenters. The lowest BCUT2D eigenvalue weighted by Crippen LogP contribution is -2.13. The molecule has 2 aromatic carbocycles. The number of hydrogen-bond acceptors (Lipinski definition) is 2. The maximum atomic E-state index is 12.7. The normalized spacial score (nSPS) is 22.2. The van der Waals surface area contributed by atoms with E-state index in [2.05, 4.69) is 5.32 Å². The zero-order valence-electron chi connectivity index (χ0n) is 10.2. The van der Waals surface area contributed by atoms with Crippen molar-refractivity contribution < 1.29 is 9.00 Å². The molecule has 4 heteroatoms. The summed E-state index contributed by atoms with van der Waals surface area (Å²) in [6, 6.07) is 16.8. The SMILES string of the molecule is O=C1C[C@@H](c2ccccc2)[S@](=O)c2ccccc2N1. The number of rotatable bonds is 1. The van der Waals surface area contributed by atoms with Crippen LogP contribution in [-0.4, -0.2) is 10.1 Å². The number of benzene rings is 2. The zero-order valence-corrected chi connectivity index (χ0v) is 11.0. The van der Waals surface area contributed by atoms with Gasteiger partial charge in [-0.15, -0.1) is 0 Å². The zero-order chi connectivity index (χ0) is 13.2. The third kappa shape index (κ3) is 2.31. The van der Waals surface area contributed by atoms with Crippen LogP contribution in [0, 0.1) is 0 Å². The summed E-state index contributed by atoms with van der Waals surface area (Å²) in [7, 11) is -1.23. The van der Waals surface area contributed by atoms with Crippen LogP contribution in [0.15, 0.2) is 59.5 Å². The smallest absolute Gasteiger partial charge is 0.225 e. The van der Waals surface area contributed by atoms with Crippen LogP contribution in [0.5, 0.6) is 0 Å². The van der Waals surface area contributed by atoms with Crippen LogP contribution >= 0.6 is 0 Å². The van der Waals surface area contributed by atoms with Crippen LogP contribution in [-0.2, 0) is 15.6 Å². The van der Waals surface area contributed by atoms with E-state index < -0.39 is 10.8 Å². The predicted molar refractivity (Wildman–Crippen MR) is 75.3 cm³/mol. The molecule has 0 radical (unpaired) electrons. The molecule has 1 N–H and O–H groups in total. The van der Waals surface area contributed by atoms with Crippen molar-refractivity contribution in [1.29, 1.82) is 0 Å². The molecule has 0 aliphatic carbocycles. The molecule has 0 aromatic heterocycles. The van der Waals surface area contributed by atoms with E-state index in [1.54, 1.807) is 6.07 Å². The lowest BCUT2D eigenvalue weighted by Gasteiger charge is -2.13. The molecule has 0 saturated heterocycles. The first-order valence-corrected chi connectivity index (χ1v) is 7.31. The fourth-order valence-electron chi connectivity index (χ4n) is 2.25. The van der Waals surface area contributed by atoms with Gasteiger partial charge in [0.05, 0.1) is 26.6 Å². The number of hydrogen-bond donors (Lipinski definition) is 1. The van der Waals surface area contributed by atoms with Crippen LogP contribution in [0.25, 0.3) is 0 Å². The molecule has 0 saturated carbocycles. The molecule has 2 aromatic rings. The Morgan fingerprint density at radius 2 is 1.68 bits per heavy atom. The highest BCUT2D eigenvalue weighted by molar-refractivity contribution is 7.85. The molecule has 1 aliphatic heterocycles. The Morgan fingerprint density at radius 1 is 1.00 bits per heavy atom. The Balaban J connectivity index is 2.08. The second kappa shape index (κ2) is 4.97. The fraction of sp³-hybridized carbons (Fsp3) is 0.133. The van der Waals surface area contributed by atoms with Gasteiger partial charge in [0.2, 0.25) is 5.91 Å². The standard InChI is InChI=1S/C15H13NO2S/c17-15-10-14(11-6-2-1-3-7-11)19(18)13-9-5-4-8-12(13)16-15/h1-9,14H,10H2,(H,16,17)/t14-,19+/m0/s1. The second-order valence-corrected chi connectivity index (χ2v) is 6.05. The third-order valence-electron chi connectivity index (χ3n) is 3.18. The Morgan fingerprint density at radius 3 is 2.47 bits per heavy atom. The lowest BCUT2D eigenvalue weighted by molar-refractivity contribution is -0.116. The van der Waals surface area contributed by atoms with Crippen LogP contribution < -0.4 is 5.32 Å². The van der Waals surface area contributed by atoms with Gasteiger partial charge in [0.1, 0.15) is 0 Å². The van der Waals surface area contributed by atoms with Gasteiger partial charge >= 0.3 is 0 Å². The number of anilines is 1. The highest BCUT2D eigenvalue weighted by Gasteiger charge is 2.28. The predicted octanol–water partition coefficient (Wildman–Crippen LogP) is 2.88. The summed E-state index contributed by atoms with van der Waals surface area (Å²) in [5, 5.41) is 2.53. The van der Waals surface area contributed by atoms with E-state index >= 15 is 0 Å². The summed E-state index contributed by atoms with van der Waals surface area (Å²) >= 11 is 0. The van der Waals surface area contributed by atoms with Gasteiger partial charge < -0.3 is 5.32 Å². The minimum atomic E-state index is -1.23. The molecule has 3 nitrogen and oxygen atoms in total. The van der Waals surface area contributed by atoms with Gasteiger partial charge in [-0.25, -0.2) is 0 Å². The molecular weight excluding hydrogens is 258 g/mol. The van der Waals surface area contributed by atoms with Crippen molar-refractivity contribution in [2.75, 3.05) is 5.32 Å². The van der Waals surface area contributed by atoms with Crippen molar-refractivity contribution >= 4 is 22.4 Å². The Bertz CT molecular complexity index is 640. The minimum absolute atomic E-state index is 0.0906. The van der Waals surface area contributed by atoms with Gasteiger partial charge in [0, 0.05) is 6.42 Å². The van der Waals surface area contributed by atoms with Gasteiger partial charge in [0.15, 0.2) is 0 Å². The minimum Gasteiger partial charge on any atom is -0.325 e. The maximum Gasteiger partial charge on any atom is 0.225 e. The van der Waals surface area contributed by atoms with E-state index in [-0.39, 0.29) is 17.6 Å². The number of amides is 1. The summed E-state index contributed by atoms with van der Waals surface area (Å²) in [5.41, 5.74) is 1.59. The number of para-hydroxylation sites is 1. The summed E-state index contributed by atoms with van der Waals surface area (Å²) in [6.45, 7) is 0.